The molecule has 1 N–H and O–H groups in total. The first-order chi connectivity index (χ1) is 7.64. The van der Waals surface area contributed by atoms with Crippen molar-refractivity contribution in [2.45, 2.75) is 25.3 Å². The summed E-state index contributed by atoms with van der Waals surface area (Å²) in [6.07, 6.45) is 3.73. The van der Waals surface area contributed by atoms with E-state index in [9.17, 15) is 4.79 Å². The van der Waals surface area contributed by atoms with E-state index in [1.807, 2.05) is 6.92 Å². The van der Waals surface area contributed by atoms with Crippen molar-refractivity contribution in [3.05, 3.63) is 12.7 Å². The molecule has 16 heavy (non-hydrogen) atoms. The fraction of sp³-hybridized carbons (Fsp3) is 0.750. The summed E-state index contributed by atoms with van der Waals surface area (Å²) in [6.45, 7) is 8.36. The van der Waals surface area contributed by atoms with E-state index >= 15 is 0 Å². The number of rotatable bonds is 6. The summed E-state index contributed by atoms with van der Waals surface area (Å²) in [4.78, 5) is 14.1. The van der Waals surface area contributed by atoms with Crippen LogP contribution in [-0.4, -0.2) is 49.7 Å². The van der Waals surface area contributed by atoms with E-state index in [-0.39, 0.29) is 5.91 Å². The Kier molecular flexibility index (Phi) is 4.96. The largest absolute Gasteiger partial charge is 0.383 e. The van der Waals surface area contributed by atoms with Gasteiger partial charge in [0.2, 0.25) is 5.91 Å². The van der Waals surface area contributed by atoms with E-state index < -0.39 is 5.54 Å². The lowest BCUT2D eigenvalue weighted by Gasteiger charge is -2.31. The fourth-order valence-corrected chi connectivity index (χ4v) is 2.06. The molecule has 1 atom stereocenters. The fourth-order valence-electron chi connectivity index (χ4n) is 2.06. The number of carbonyl (C=O) groups excluding carboxylic acids is 1. The molecule has 0 saturated carbocycles. The van der Waals surface area contributed by atoms with Crippen LogP contribution in [-0.2, 0) is 9.53 Å². The monoisotopic (exact) mass is 226 g/mol. The molecule has 1 saturated heterocycles. The molecule has 1 fully saturated rings. The minimum absolute atomic E-state index is 0.155. The van der Waals surface area contributed by atoms with Gasteiger partial charge in [0.1, 0.15) is 0 Å². The van der Waals surface area contributed by atoms with Crippen LogP contribution < -0.4 is 5.32 Å². The average molecular weight is 226 g/mol. The molecule has 0 bridgehead atoms. The Morgan fingerprint density at radius 2 is 2.44 bits per heavy atom. The molecule has 4 nitrogen and oxygen atoms in total. The summed E-state index contributed by atoms with van der Waals surface area (Å²) in [7, 11) is 1.64. The smallest absolute Gasteiger partial charge is 0.242 e. The highest BCUT2D eigenvalue weighted by molar-refractivity contribution is 5.86. The maximum absolute atomic E-state index is 12.3. The molecule has 0 aromatic rings. The van der Waals surface area contributed by atoms with Gasteiger partial charge in [-0.1, -0.05) is 6.08 Å². The molecule has 92 valence electrons. The van der Waals surface area contributed by atoms with E-state index in [1.54, 1.807) is 18.1 Å². The van der Waals surface area contributed by atoms with Crippen LogP contribution >= 0.6 is 0 Å². The number of amides is 1. The van der Waals surface area contributed by atoms with Gasteiger partial charge in [-0.3, -0.25) is 4.79 Å². The Bertz CT molecular complexity index is 247. The second-order valence-corrected chi connectivity index (χ2v) is 4.40. The number of ether oxygens (including phenoxy) is 1. The highest BCUT2D eigenvalue weighted by atomic mass is 16.5. The molecule has 1 amide bonds. The maximum atomic E-state index is 12.3. The Hall–Kier alpha value is -0.870. The summed E-state index contributed by atoms with van der Waals surface area (Å²) < 4.78 is 5.02. The van der Waals surface area contributed by atoms with Gasteiger partial charge in [0, 0.05) is 20.2 Å². The van der Waals surface area contributed by atoms with E-state index in [0.29, 0.717) is 19.7 Å². The zero-order chi connectivity index (χ0) is 12.0. The number of methoxy groups -OCH3 is 1. The zero-order valence-corrected chi connectivity index (χ0v) is 10.3. The molecule has 1 rings (SSSR count). The molecule has 0 spiro atoms. The third-order valence-corrected chi connectivity index (χ3v) is 3.04. The van der Waals surface area contributed by atoms with E-state index in [0.717, 1.165) is 19.4 Å². The van der Waals surface area contributed by atoms with Crippen LogP contribution in [0, 0.1) is 0 Å². The topological polar surface area (TPSA) is 41.6 Å². The lowest BCUT2D eigenvalue weighted by molar-refractivity contribution is -0.137. The van der Waals surface area contributed by atoms with Gasteiger partial charge in [-0.25, -0.2) is 0 Å². The van der Waals surface area contributed by atoms with Crippen LogP contribution in [0.4, 0.5) is 0 Å². The van der Waals surface area contributed by atoms with Crippen molar-refractivity contribution in [1.82, 2.24) is 10.2 Å². The first kappa shape index (κ1) is 13.2. The van der Waals surface area contributed by atoms with Gasteiger partial charge in [-0.05, 0) is 26.3 Å². The first-order valence-corrected chi connectivity index (χ1v) is 5.78. The van der Waals surface area contributed by atoms with Crippen molar-refractivity contribution < 1.29 is 9.53 Å². The second-order valence-electron chi connectivity index (χ2n) is 4.40. The Morgan fingerprint density at radius 3 is 2.94 bits per heavy atom. The standard InChI is InChI=1S/C12H22N2O2/c1-4-8-14(9-10-16-3)11(15)12(2)6-5-7-13-12/h4,13H,1,5-10H2,2-3H3. The van der Waals surface area contributed by atoms with Gasteiger partial charge in [-0.15, -0.1) is 6.58 Å². The molecule has 1 unspecified atom stereocenters. The minimum Gasteiger partial charge on any atom is -0.383 e. The van der Waals surface area contributed by atoms with Gasteiger partial charge < -0.3 is 15.0 Å². The number of nitrogens with one attached hydrogen (secondary N) is 1. The average Bonchev–Trinajstić information content (AvgIpc) is 2.72. The molecular formula is C12H22N2O2. The number of carbonyl (C=O) groups is 1. The molecule has 1 heterocycles. The highest BCUT2D eigenvalue weighted by Gasteiger charge is 2.38. The van der Waals surface area contributed by atoms with Crippen LogP contribution in [0.3, 0.4) is 0 Å². The van der Waals surface area contributed by atoms with Gasteiger partial charge >= 0.3 is 0 Å². The van der Waals surface area contributed by atoms with Crippen molar-refractivity contribution in [3.8, 4) is 0 Å². The Labute approximate surface area is 97.6 Å². The highest BCUT2D eigenvalue weighted by Crippen LogP contribution is 2.21. The van der Waals surface area contributed by atoms with Gasteiger partial charge in [0.15, 0.2) is 0 Å². The van der Waals surface area contributed by atoms with Crippen molar-refractivity contribution in [3.63, 3.8) is 0 Å². The van der Waals surface area contributed by atoms with Crippen LogP contribution in [0.2, 0.25) is 0 Å². The number of nitrogens with zero attached hydrogens (tertiary/aromatic N) is 1. The Morgan fingerprint density at radius 1 is 1.69 bits per heavy atom. The van der Waals surface area contributed by atoms with Crippen molar-refractivity contribution >= 4 is 5.91 Å². The molecular weight excluding hydrogens is 204 g/mol. The second kappa shape index (κ2) is 6.01. The quantitative estimate of drug-likeness (QED) is 0.681. The van der Waals surface area contributed by atoms with Crippen LogP contribution in [0.15, 0.2) is 12.7 Å². The van der Waals surface area contributed by atoms with Crippen LogP contribution in [0.1, 0.15) is 19.8 Å². The van der Waals surface area contributed by atoms with Gasteiger partial charge in [0.25, 0.3) is 0 Å². The molecule has 1 aliphatic heterocycles. The number of hydrogen-bond donors (Lipinski definition) is 1. The molecule has 0 aromatic heterocycles. The van der Waals surface area contributed by atoms with Crippen molar-refractivity contribution in [1.29, 1.82) is 0 Å². The molecule has 0 aromatic carbocycles. The first-order valence-electron chi connectivity index (χ1n) is 5.78. The molecule has 4 heteroatoms. The summed E-state index contributed by atoms with van der Waals surface area (Å²) in [5.41, 5.74) is -0.392. The maximum Gasteiger partial charge on any atom is 0.242 e. The summed E-state index contributed by atoms with van der Waals surface area (Å²) in [5.74, 6) is 0.155. The molecule has 0 aliphatic carbocycles. The lowest BCUT2D eigenvalue weighted by Crippen LogP contribution is -2.53. The summed E-state index contributed by atoms with van der Waals surface area (Å²) in [5, 5.41) is 3.28. The van der Waals surface area contributed by atoms with Crippen molar-refractivity contribution in [2.24, 2.45) is 0 Å². The van der Waals surface area contributed by atoms with E-state index in [1.165, 1.54) is 0 Å². The third-order valence-electron chi connectivity index (χ3n) is 3.04. The Balaban J connectivity index is 2.61. The van der Waals surface area contributed by atoms with Gasteiger partial charge in [-0.2, -0.15) is 0 Å². The zero-order valence-electron chi connectivity index (χ0n) is 10.3. The van der Waals surface area contributed by atoms with Crippen LogP contribution in [0.5, 0.6) is 0 Å². The van der Waals surface area contributed by atoms with Crippen LogP contribution in [0.25, 0.3) is 0 Å². The van der Waals surface area contributed by atoms with E-state index in [4.69, 9.17) is 4.74 Å². The minimum atomic E-state index is -0.392. The summed E-state index contributed by atoms with van der Waals surface area (Å²) in [6, 6.07) is 0. The molecule has 0 radical (unpaired) electrons. The third kappa shape index (κ3) is 3.06. The predicted octanol–water partition coefficient (Wildman–Crippen LogP) is 0.789. The lowest BCUT2D eigenvalue weighted by atomic mass is 9.98. The summed E-state index contributed by atoms with van der Waals surface area (Å²) >= 11 is 0. The van der Waals surface area contributed by atoms with E-state index in [2.05, 4.69) is 11.9 Å². The SMILES string of the molecule is C=CCN(CCOC)C(=O)C1(C)CCCN1. The van der Waals surface area contributed by atoms with Crippen molar-refractivity contribution in [2.75, 3.05) is 33.4 Å². The number of hydrogen-bond acceptors (Lipinski definition) is 3. The normalized spacial score (nSPS) is 24.4. The predicted molar refractivity (Wildman–Crippen MR) is 64.3 cm³/mol. The molecule has 1 aliphatic rings. The van der Waals surface area contributed by atoms with Gasteiger partial charge in [0.05, 0.1) is 12.1 Å².